The van der Waals surface area contributed by atoms with E-state index in [2.05, 4.69) is 11.1 Å². The number of carbonyl (C=O) groups excluding carboxylic acids is 2. The van der Waals surface area contributed by atoms with Crippen molar-refractivity contribution in [1.29, 1.82) is 0 Å². The zero-order valence-electron chi connectivity index (χ0n) is 18.3. The van der Waals surface area contributed by atoms with Crippen molar-refractivity contribution < 1.29 is 36.2 Å². The first-order valence-electron chi connectivity index (χ1n) is 10.7. The molecule has 0 saturated heterocycles. The van der Waals surface area contributed by atoms with E-state index < -0.39 is 28.8 Å². The number of ether oxygens (including phenoxy) is 2. The molecule has 0 aromatic rings. The Hall–Kier alpha value is -0.190. The minimum atomic E-state index is -4.81. The first-order chi connectivity index (χ1) is 13.8. The predicted octanol–water partition coefficient (Wildman–Crippen LogP) is 3.97. The minimum absolute atomic E-state index is 0. The van der Waals surface area contributed by atoms with Crippen LogP contribution in [0.4, 0.5) is 0 Å². The summed E-state index contributed by atoms with van der Waals surface area (Å²) < 4.78 is 42.3. The fourth-order valence-electron chi connectivity index (χ4n) is 2.42. The number of unbranched alkanes of at least 4 members (excludes halogenated alkanes) is 9. The number of hydrogen-bond donors (Lipinski definition) is 1. The van der Waals surface area contributed by atoms with E-state index in [9.17, 15) is 18.0 Å². The molecule has 0 aliphatic carbocycles. The van der Waals surface area contributed by atoms with Gasteiger partial charge in [-0.25, -0.2) is 0 Å². The number of hydrogen-bond acceptors (Lipinski definition) is 7. The standard InChI is InChI=1S/C16H30O7S.C4H10O.Na.H/c1-2-3-4-5-6-7-8-9-10-11-14-22-15(17)12-13-16(18)23-24(19,20)21;1-3-5-4-2;;/h2-14H2,1H3,(H,19,20,21);3-4H2,1-2H3;;. The Labute approximate surface area is 205 Å². The predicted molar refractivity (Wildman–Crippen MR) is 119 cm³/mol. The van der Waals surface area contributed by atoms with Gasteiger partial charge in [-0.15, -0.1) is 0 Å². The van der Waals surface area contributed by atoms with E-state index in [1.165, 1.54) is 44.9 Å². The van der Waals surface area contributed by atoms with Gasteiger partial charge >= 0.3 is 51.9 Å². The molecule has 0 fully saturated rings. The molecule has 1 N–H and O–H groups in total. The molecule has 0 aliphatic heterocycles. The van der Waals surface area contributed by atoms with Crippen molar-refractivity contribution in [2.24, 2.45) is 0 Å². The van der Waals surface area contributed by atoms with Crippen molar-refractivity contribution >= 4 is 51.9 Å². The molecule has 30 heavy (non-hydrogen) atoms. The summed E-state index contributed by atoms with van der Waals surface area (Å²) in [4.78, 5) is 22.3. The van der Waals surface area contributed by atoms with Crippen molar-refractivity contribution in [3.05, 3.63) is 0 Å². The van der Waals surface area contributed by atoms with Gasteiger partial charge in [0.2, 0.25) is 0 Å². The number of carbonyl (C=O) groups is 2. The van der Waals surface area contributed by atoms with E-state index in [1.54, 1.807) is 0 Å². The summed E-state index contributed by atoms with van der Waals surface area (Å²) in [6, 6.07) is 0. The van der Waals surface area contributed by atoms with Gasteiger partial charge in [0.15, 0.2) is 0 Å². The van der Waals surface area contributed by atoms with Gasteiger partial charge in [-0.1, -0.05) is 64.7 Å². The zero-order chi connectivity index (χ0) is 22.4. The fourth-order valence-corrected chi connectivity index (χ4v) is 2.73. The fraction of sp³-hybridized carbons (Fsp3) is 0.900. The topological polar surface area (TPSA) is 116 Å². The van der Waals surface area contributed by atoms with Crippen molar-refractivity contribution in [3.8, 4) is 0 Å². The molecule has 0 heterocycles. The summed E-state index contributed by atoms with van der Waals surface area (Å²) in [5, 5.41) is 0. The summed E-state index contributed by atoms with van der Waals surface area (Å²) in [5.41, 5.74) is 0. The summed E-state index contributed by atoms with van der Waals surface area (Å²) in [5.74, 6) is -1.77. The third-order valence-corrected chi connectivity index (χ3v) is 4.30. The van der Waals surface area contributed by atoms with Gasteiger partial charge in [0, 0.05) is 13.2 Å². The van der Waals surface area contributed by atoms with E-state index in [1.807, 2.05) is 13.8 Å². The van der Waals surface area contributed by atoms with Gasteiger partial charge in [-0.05, 0) is 20.3 Å². The normalized spacial score (nSPS) is 10.4. The van der Waals surface area contributed by atoms with Gasteiger partial charge in [-0.3, -0.25) is 14.1 Å². The number of rotatable bonds is 17. The Balaban J connectivity index is -0.00000108. The van der Waals surface area contributed by atoms with Crippen LogP contribution in [-0.2, 0) is 33.6 Å². The molecule has 10 heteroatoms. The van der Waals surface area contributed by atoms with E-state index >= 15 is 0 Å². The van der Waals surface area contributed by atoms with Crippen LogP contribution in [0.3, 0.4) is 0 Å². The second kappa shape index (κ2) is 25.1. The van der Waals surface area contributed by atoms with E-state index in [-0.39, 0.29) is 36.0 Å². The van der Waals surface area contributed by atoms with Crippen LogP contribution in [0.2, 0.25) is 0 Å². The van der Waals surface area contributed by atoms with Crippen molar-refractivity contribution in [2.75, 3.05) is 19.8 Å². The number of esters is 1. The van der Waals surface area contributed by atoms with Crippen molar-refractivity contribution in [2.45, 2.75) is 97.8 Å². The van der Waals surface area contributed by atoms with Crippen LogP contribution in [0.1, 0.15) is 97.8 Å². The van der Waals surface area contributed by atoms with Gasteiger partial charge in [0.25, 0.3) is 0 Å². The second-order valence-electron chi connectivity index (χ2n) is 6.57. The molecule has 8 nitrogen and oxygen atoms in total. The molecule has 0 atom stereocenters. The summed E-state index contributed by atoms with van der Waals surface area (Å²) >= 11 is 0. The molecular formula is C20H41NaO8S. The molecule has 0 aromatic carbocycles. The summed E-state index contributed by atoms with van der Waals surface area (Å²) in [6.45, 7) is 8.17. The Morgan fingerprint density at radius 3 is 1.57 bits per heavy atom. The van der Waals surface area contributed by atoms with Crippen LogP contribution in [0.25, 0.3) is 0 Å². The molecule has 0 saturated carbocycles. The summed E-state index contributed by atoms with van der Waals surface area (Å²) in [6.07, 6.45) is 11.1. The molecule has 0 aromatic heterocycles. The first kappa shape index (κ1) is 34.4. The molecule has 0 amide bonds. The molecule has 0 aliphatic rings. The molecular weight excluding hydrogens is 423 g/mol. The third kappa shape index (κ3) is 32.5. The average Bonchev–Trinajstić information content (AvgIpc) is 2.64. The maximum absolute atomic E-state index is 11.3. The molecule has 0 bridgehead atoms. The second-order valence-corrected chi connectivity index (χ2v) is 7.59. The van der Waals surface area contributed by atoms with E-state index in [4.69, 9.17) is 14.0 Å². The van der Waals surface area contributed by atoms with Gasteiger partial charge < -0.3 is 13.7 Å². The van der Waals surface area contributed by atoms with Gasteiger partial charge in [0.05, 0.1) is 19.4 Å². The average molecular weight is 465 g/mol. The van der Waals surface area contributed by atoms with Gasteiger partial charge in [0.1, 0.15) is 0 Å². The van der Waals surface area contributed by atoms with Crippen LogP contribution in [-0.4, -0.2) is 74.3 Å². The quantitative estimate of drug-likeness (QED) is 0.149. The molecule has 0 spiro atoms. The Bertz CT molecular complexity index is 495. The van der Waals surface area contributed by atoms with Crippen LogP contribution >= 0.6 is 0 Å². The van der Waals surface area contributed by atoms with Gasteiger partial charge in [-0.2, -0.15) is 8.42 Å². The monoisotopic (exact) mass is 464 g/mol. The van der Waals surface area contributed by atoms with Crippen molar-refractivity contribution in [3.63, 3.8) is 0 Å². The maximum atomic E-state index is 11.3. The molecule has 176 valence electrons. The van der Waals surface area contributed by atoms with E-state index in [0.717, 1.165) is 32.5 Å². The van der Waals surface area contributed by atoms with Crippen LogP contribution in [0.15, 0.2) is 0 Å². The van der Waals surface area contributed by atoms with Crippen LogP contribution < -0.4 is 0 Å². The zero-order valence-corrected chi connectivity index (χ0v) is 19.1. The Kier molecular flexibility index (Phi) is 28.8. The molecule has 0 rings (SSSR count). The Morgan fingerprint density at radius 2 is 1.17 bits per heavy atom. The third-order valence-electron chi connectivity index (χ3n) is 3.90. The van der Waals surface area contributed by atoms with E-state index in [0.29, 0.717) is 6.61 Å². The Morgan fingerprint density at radius 1 is 0.733 bits per heavy atom. The van der Waals surface area contributed by atoms with Crippen LogP contribution in [0.5, 0.6) is 0 Å². The first-order valence-corrected chi connectivity index (χ1v) is 12.1. The van der Waals surface area contributed by atoms with Crippen LogP contribution in [0, 0.1) is 0 Å². The summed E-state index contributed by atoms with van der Waals surface area (Å²) in [7, 11) is -4.81. The van der Waals surface area contributed by atoms with Crippen molar-refractivity contribution in [1.82, 2.24) is 0 Å². The molecule has 0 unspecified atom stereocenters. The molecule has 0 radical (unpaired) electrons. The SMILES string of the molecule is CCCCCCCCCCCCOC(=O)CCC(=O)OS(=O)(=O)O.CCOCC.[NaH].